The van der Waals surface area contributed by atoms with Gasteiger partial charge in [-0.1, -0.05) is 18.2 Å². The quantitative estimate of drug-likeness (QED) is 0.629. The van der Waals surface area contributed by atoms with Crippen LogP contribution in [0.3, 0.4) is 0 Å². The molecule has 32 heavy (non-hydrogen) atoms. The molecule has 3 rings (SSSR count). The van der Waals surface area contributed by atoms with Crippen LogP contribution in [0.15, 0.2) is 42.5 Å². The highest BCUT2D eigenvalue weighted by molar-refractivity contribution is 7.92. The molecule has 0 aliphatic carbocycles. The fourth-order valence-electron chi connectivity index (χ4n) is 3.48. The van der Waals surface area contributed by atoms with E-state index in [4.69, 9.17) is 9.47 Å². The SMILES string of the molecule is COC(=O)c1cc(N2CCOCC2)ccc1NC(=O)CN(c1ccccc1C)S(C)(=O)=O. The molecule has 0 spiro atoms. The van der Waals surface area contributed by atoms with Gasteiger partial charge >= 0.3 is 5.97 Å². The molecule has 2 aromatic carbocycles. The van der Waals surface area contributed by atoms with Gasteiger partial charge in [0.25, 0.3) is 0 Å². The van der Waals surface area contributed by atoms with E-state index in [2.05, 4.69) is 10.2 Å². The van der Waals surface area contributed by atoms with E-state index in [-0.39, 0.29) is 11.3 Å². The standard InChI is InChI=1S/C22H27N3O6S/c1-16-6-4-5-7-20(16)25(32(3,28)29)15-21(26)23-19-9-8-17(14-18(19)22(27)30-2)24-10-12-31-13-11-24/h4-9,14H,10-13,15H2,1-3H3,(H,23,26). The minimum absolute atomic E-state index is 0.187. The van der Waals surface area contributed by atoms with Crippen molar-refractivity contribution in [3.8, 4) is 0 Å². The largest absolute Gasteiger partial charge is 0.465 e. The van der Waals surface area contributed by atoms with E-state index >= 15 is 0 Å². The van der Waals surface area contributed by atoms with Crippen LogP contribution in [0.2, 0.25) is 0 Å². The first-order chi connectivity index (χ1) is 15.2. The van der Waals surface area contributed by atoms with Crippen LogP contribution >= 0.6 is 0 Å². The van der Waals surface area contributed by atoms with Crippen molar-refractivity contribution in [2.24, 2.45) is 0 Å². The Morgan fingerprint density at radius 1 is 1.16 bits per heavy atom. The topological polar surface area (TPSA) is 105 Å². The minimum Gasteiger partial charge on any atom is -0.465 e. The number of morpholine rings is 1. The lowest BCUT2D eigenvalue weighted by Gasteiger charge is -2.29. The molecule has 0 aromatic heterocycles. The number of rotatable bonds is 7. The fraction of sp³-hybridized carbons (Fsp3) is 0.364. The van der Waals surface area contributed by atoms with Crippen LogP contribution in [0.25, 0.3) is 0 Å². The lowest BCUT2D eigenvalue weighted by molar-refractivity contribution is -0.114. The van der Waals surface area contributed by atoms with Gasteiger partial charge in [-0.05, 0) is 36.8 Å². The molecule has 1 amide bonds. The molecule has 1 aliphatic rings. The Balaban J connectivity index is 1.85. The first-order valence-electron chi connectivity index (χ1n) is 10.1. The molecule has 1 aliphatic heterocycles. The molecule has 0 atom stereocenters. The molecule has 0 unspecified atom stereocenters. The van der Waals surface area contributed by atoms with Crippen LogP contribution in [0.1, 0.15) is 15.9 Å². The average Bonchev–Trinajstić information content (AvgIpc) is 2.77. The van der Waals surface area contributed by atoms with Crippen molar-refractivity contribution in [3.05, 3.63) is 53.6 Å². The van der Waals surface area contributed by atoms with E-state index in [1.54, 1.807) is 49.4 Å². The lowest BCUT2D eigenvalue weighted by atomic mass is 10.1. The molecule has 1 N–H and O–H groups in total. The Kier molecular flexibility index (Phi) is 7.37. The monoisotopic (exact) mass is 461 g/mol. The van der Waals surface area contributed by atoms with Crippen LogP contribution in [0, 0.1) is 6.92 Å². The highest BCUT2D eigenvalue weighted by Gasteiger charge is 2.24. The number of nitrogens with one attached hydrogen (secondary N) is 1. The molecule has 2 aromatic rings. The number of aryl methyl sites for hydroxylation is 1. The maximum atomic E-state index is 12.8. The van der Waals surface area contributed by atoms with Gasteiger partial charge in [-0.15, -0.1) is 0 Å². The third-order valence-electron chi connectivity index (χ3n) is 5.13. The number of benzene rings is 2. The van der Waals surface area contributed by atoms with Crippen LogP contribution < -0.4 is 14.5 Å². The predicted octanol–water partition coefficient (Wildman–Crippen LogP) is 2.02. The average molecular weight is 462 g/mol. The molecular weight excluding hydrogens is 434 g/mol. The van der Waals surface area contributed by atoms with Crippen LogP contribution in [0.4, 0.5) is 17.1 Å². The smallest absolute Gasteiger partial charge is 0.340 e. The van der Waals surface area contributed by atoms with Gasteiger partial charge in [-0.3, -0.25) is 9.10 Å². The van der Waals surface area contributed by atoms with Crippen molar-refractivity contribution >= 4 is 39.0 Å². The van der Waals surface area contributed by atoms with Gasteiger partial charge < -0.3 is 19.7 Å². The second-order valence-electron chi connectivity index (χ2n) is 7.43. The number of sulfonamides is 1. The number of amides is 1. The first-order valence-corrected chi connectivity index (χ1v) is 11.9. The number of anilines is 3. The number of esters is 1. The fourth-order valence-corrected chi connectivity index (χ4v) is 4.40. The summed E-state index contributed by atoms with van der Waals surface area (Å²) in [6.45, 7) is 3.89. The van der Waals surface area contributed by atoms with E-state index in [1.165, 1.54) is 7.11 Å². The lowest BCUT2D eigenvalue weighted by Crippen LogP contribution is -2.38. The van der Waals surface area contributed by atoms with Gasteiger partial charge in [0.15, 0.2) is 0 Å². The van der Waals surface area contributed by atoms with Gasteiger partial charge in [0, 0.05) is 18.8 Å². The normalized spacial score (nSPS) is 14.0. The van der Waals surface area contributed by atoms with E-state index in [0.29, 0.717) is 32.0 Å². The van der Waals surface area contributed by atoms with E-state index < -0.39 is 28.4 Å². The zero-order chi connectivity index (χ0) is 23.3. The van der Waals surface area contributed by atoms with Gasteiger partial charge in [0.2, 0.25) is 15.9 Å². The number of carbonyl (C=O) groups is 2. The molecule has 9 nitrogen and oxygen atoms in total. The Morgan fingerprint density at radius 3 is 2.47 bits per heavy atom. The van der Waals surface area contributed by atoms with Crippen molar-refractivity contribution < 1.29 is 27.5 Å². The van der Waals surface area contributed by atoms with Crippen molar-refractivity contribution in [2.45, 2.75) is 6.92 Å². The number of methoxy groups -OCH3 is 1. The molecule has 1 heterocycles. The summed E-state index contributed by atoms with van der Waals surface area (Å²) in [5.74, 6) is -1.18. The number of hydrogen-bond donors (Lipinski definition) is 1. The highest BCUT2D eigenvalue weighted by Crippen LogP contribution is 2.26. The number of ether oxygens (including phenoxy) is 2. The summed E-state index contributed by atoms with van der Waals surface area (Å²) in [5.41, 5.74) is 2.38. The van der Waals surface area contributed by atoms with Gasteiger partial charge in [0.05, 0.1) is 43.5 Å². The van der Waals surface area contributed by atoms with Crippen LogP contribution in [-0.4, -0.2) is 66.5 Å². The number of hydrogen-bond acceptors (Lipinski definition) is 7. The summed E-state index contributed by atoms with van der Waals surface area (Å²) in [6.07, 6.45) is 1.05. The molecule has 1 saturated heterocycles. The summed E-state index contributed by atoms with van der Waals surface area (Å²) >= 11 is 0. The molecule has 0 saturated carbocycles. The Labute approximate surface area is 188 Å². The molecule has 10 heteroatoms. The number of para-hydroxylation sites is 1. The zero-order valence-corrected chi connectivity index (χ0v) is 19.1. The van der Waals surface area contributed by atoms with E-state index in [0.717, 1.165) is 21.8 Å². The summed E-state index contributed by atoms with van der Waals surface area (Å²) in [5, 5.41) is 2.66. The molecule has 0 bridgehead atoms. The third kappa shape index (κ3) is 5.57. The number of carbonyl (C=O) groups excluding carboxylic acids is 2. The van der Waals surface area contributed by atoms with Crippen LogP contribution in [0.5, 0.6) is 0 Å². The molecule has 0 radical (unpaired) electrons. The maximum Gasteiger partial charge on any atom is 0.340 e. The Hall–Kier alpha value is -3.11. The summed E-state index contributed by atoms with van der Waals surface area (Å²) in [4.78, 5) is 27.3. The van der Waals surface area contributed by atoms with Gasteiger partial charge in [-0.2, -0.15) is 0 Å². The summed E-state index contributed by atoms with van der Waals surface area (Å²) in [6, 6.07) is 12.0. The Bertz CT molecular complexity index is 1100. The first kappa shape index (κ1) is 23.6. The predicted molar refractivity (Wildman–Crippen MR) is 123 cm³/mol. The van der Waals surface area contributed by atoms with Crippen molar-refractivity contribution in [3.63, 3.8) is 0 Å². The molecule has 1 fully saturated rings. The van der Waals surface area contributed by atoms with Gasteiger partial charge in [-0.25, -0.2) is 13.2 Å². The van der Waals surface area contributed by atoms with E-state index in [1.807, 2.05) is 0 Å². The minimum atomic E-state index is -3.72. The second kappa shape index (κ2) is 10.0. The van der Waals surface area contributed by atoms with E-state index in [9.17, 15) is 18.0 Å². The highest BCUT2D eigenvalue weighted by atomic mass is 32.2. The van der Waals surface area contributed by atoms with Crippen molar-refractivity contribution in [2.75, 3.05) is 60.7 Å². The Morgan fingerprint density at radius 2 is 1.84 bits per heavy atom. The van der Waals surface area contributed by atoms with Crippen molar-refractivity contribution in [1.82, 2.24) is 0 Å². The maximum absolute atomic E-state index is 12.8. The molecular formula is C22H27N3O6S. The summed E-state index contributed by atoms with van der Waals surface area (Å²) < 4.78 is 36.0. The second-order valence-corrected chi connectivity index (χ2v) is 9.33. The third-order valence-corrected chi connectivity index (χ3v) is 6.26. The van der Waals surface area contributed by atoms with Crippen molar-refractivity contribution in [1.29, 1.82) is 0 Å². The zero-order valence-electron chi connectivity index (χ0n) is 18.3. The van der Waals surface area contributed by atoms with Crippen LogP contribution in [-0.2, 0) is 24.3 Å². The van der Waals surface area contributed by atoms with Gasteiger partial charge in [0.1, 0.15) is 6.54 Å². The summed E-state index contributed by atoms with van der Waals surface area (Å²) in [7, 11) is -2.45. The number of nitrogens with zero attached hydrogens (tertiary/aromatic N) is 2. The molecule has 172 valence electrons.